The highest BCUT2D eigenvalue weighted by Crippen LogP contribution is 2.11. The van der Waals surface area contributed by atoms with E-state index in [1.165, 1.54) is 0 Å². The van der Waals surface area contributed by atoms with Crippen LogP contribution in [-0.4, -0.2) is 16.4 Å². The van der Waals surface area contributed by atoms with Gasteiger partial charge in [0, 0.05) is 12.4 Å². The Balaban J connectivity index is 1.95. The van der Waals surface area contributed by atoms with E-state index in [1.807, 2.05) is 73.1 Å². The molecule has 0 saturated carbocycles. The van der Waals surface area contributed by atoms with Gasteiger partial charge in [-0.25, -0.2) is 0 Å². The Bertz CT molecular complexity index is 471. The number of aliphatic imine (C=N–C) groups is 2. The standard InChI is InChI=1S/C15H13IN2/c16-13(11-17-14-7-3-1-4-8-14)12-18-15-9-5-2-6-10-15/h1-13H. The summed E-state index contributed by atoms with van der Waals surface area (Å²) in [5, 5.41) is 0. The number of rotatable bonds is 4. The molecule has 2 rings (SSSR count). The Labute approximate surface area is 121 Å². The number of para-hydroxylation sites is 2. The predicted molar refractivity (Wildman–Crippen MR) is 87.0 cm³/mol. The van der Waals surface area contributed by atoms with Crippen molar-refractivity contribution in [2.45, 2.75) is 3.92 Å². The Hall–Kier alpha value is -1.49. The molecule has 0 spiro atoms. The van der Waals surface area contributed by atoms with E-state index < -0.39 is 0 Å². The van der Waals surface area contributed by atoms with Gasteiger partial charge in [0.1, 0.15) is 0 Å². The van der Waals surface area contributed by atoms with Crippen LogP contribution < -0.4 is 0 Å². The monoisotopic (exact) mass is 348 g/mol. The molecule has 0 amide bonds. The molecule has 2 aromatic carbocycles. The second-order valence-electron chi connectivity index (χ2n) is 3.67. The molecule has 0 atom stereocenters. The summed E-state index contributed by atoms with van der Waals surface area (Å²) in [6.45, 7) is 0. The van der Waals surface area contributed by atoms with Gasteiger partial charge in [-0.3, -0.25) is 9.98 Å². The SMILES string of the molecule is IC(C=Nc1ccccc1)C=Nc1ccccc1. The first-order valence-corrected chi connectivity index (χ1v) is 6.92. The van der Waals surface area contributed by atoms with Crippen molar-refractivity contribution in [3.63, 3.8) is 0 Å². The maximum atomic E-state index is 4.39. The van der Waals surface area contributed by atoms with Gasteiger partial charge in [-0.1, -0.05) is 59.0 Å². The highest BCUT2D eigenvalue weighted by atomic mass is 127. The van der Waals surface area contributed by atoms with Gasteiger partial charge >= 0.3 is 0 Å². The van der Waals surface area contributed by atoms with E-state index in [0.29, 0.717) is 0 Å². The molecule has 0 radical (unpaired) electrons. The molecule has 0 aromatic heterocycles. The molecule has 0 aliphatic carbocycles. The summed E-state index contributed by atoms with van der Waals surface area (Å²) in [7, 11) is 0. The van der Waals surface area contributed by atoms with Crippen molar-refractivity contribution in [3.05, 3.63) is 60.7 Å². The van der Waals surface area contributed by atoms with Crippen LogP contribution >= 0.6 is 22.6 Å². The Morgan fingerprint density at radius 2 is 1.11 bits per heavy atom. The van der Waals surface area contributed by atoms with Crippen molar-refractivity contribution in [1.82, 2.24) is 0 Å². The summed E-state index contributed by atoms with van der Waals surface area (Å²) in [5.74, 6) is 0. The maximum Gasteiger partial charge on any atom is 0.0814 e. The summed E-state index contributed by atoms with van der Waals surface area (Å²) in [4.78, 5) is 8.79. The van der Waals surface area contributed by atoms with Gasteiger partial charge < -0.3 is 0 Å². The van der Waals surface area contributed by atoms with Gasteiger partial charge in [0.2, 0.25) is 0 Å². The van der Waals surface area contributed by atoms with Crippen molar-refractivity contribution in [3.8, 4) is 0 Å². The van der Waals surface area contributed by atoms with E-state index in [-0.39, 0.29) is 3.92 Å². The van der Waals surface area contributed by atoms with Gasteiger partial charge in [0.15, 0.2) is 0 Å². The Kier molecular flexibility index (Phi) is 5.08. The van der Waals surface area contributed by atoms with Crippen molar-refractivity contribution in [2.24, 2.45) is 9.98 Å². The number of hydrogen-bond donors (Lipinski definition) is 0. The fourth-order valence-electron chi connectivity index (χ4n) is 1.38. The van der Waals surface area contributed by atoms with Gasteiger partial charge in [0.05, 0.1) is 15.3 Å². The third kappa shape index (κ3) is 4.41. The zero-order chi connectivity index (χ0) is 12.6. The summed E-state index contributed by atoms with van der Waals surface area (Å²) in [6.07, 6.45) is 3.78. The molecule has 0 aliphatic heterocycles. The van der Waals surface area contributed by atoms with Crippen LogP contribution in [0, 0.1) is 0 Å². The molecular formula is C15H13IN2. The Morgan fingerprint density at radius 1 is 0.722 bits per heavy atom. The fourth-order valence-corrected chi connectivity index (χ4v) is 1.70. The van der Waals surface area contributed by atoms with Crippen LogP contribution in [-0.2, 0) is 0 Å². The number of hydrogen-bond acceptors (Lipinski definition) is 2. The van der Waals surface area contributed by atoms with Crippen LogP contribution in [0.4, 0.5) is 11.4 Å². The van der Waals surface area contributed by atoms with Gasteiger partial charge in [-0.15, -0.1) is 0 Å². The van der Waals surface area contributed by atoms with Gasteiger partial charge in [-0.2, -0.15) is 0 Å². The summed E-state index contributed by atoms with van der Waals surface area (Å²) in [6, 6.07) is 19.8. The first kappa shape index (κ1) is 13.0. The minimum Gasteiger partial charge on any atom is -0.260 e. The van der Waals surface area contributed by atoms with Crippen LogP contribution in [0.2, 0.25) is 0 Å². The Morgan fingerprint density at radius 3 is 1.50 bits per heavy atom. The second kappa shape index (κ2) is 7.06. The average molecular weight is 348 g/mol. The molecule has 0 heterocycles. The van der Waals surface area contributed by atoms with E-state index in [9.17, 15) is 0 Å². The van der Waals surface area contributed by atoms with Crippen molar-refractivity contribution in [1.29, 1.82) is 0 Å². The van der Waals surface area contributed by atoms with E-state index in [2.05, 4.69) is 32.6 Å². The molecule has 0 bridgehead atoms. The quantitative estimate of drug-likeness (QED) is 0.439. The van der Waals surface area contributed by atoms with E-state index in [4.69, 9.17) is 0 Å². The van der Waals surface area contributed by atoms with Crippen LogP contribution in [0.3, 0.4) is 0 Å². The van der Waals surface area contributed by atoms with Crippen molar-refractivity contribution < 1.29 is 0 Å². The summed E-state index contributed by atoms with van der Waals surface area (Å²) >= 11 is 2.30. The molecule has 0 saturated heterocycles. The lowest BCUT2D eigenvalue weighted by Gasteiger charge is -1.96. The predicted octanol–water partition coefficient (Wildman–Crippen LogP) is 4.60. The molecule has 3 heteroatoms. The molecule has 0 unspecified atom stereocenters. The molecule has 0 aliphatic rings. The first-order chi connectivity index (χ1) is 8.84. The molecule has 2 nitrogen and oxygen atoms in total. The number of benzene rings is 2. The van der Waals surface area contributed by atoms with Crippen LogP contribution in [0.1, 0.15) is 0 Å². The average Bonchev–Trinajstić information content (AvgIpc) is 2.45. The molecule has 90 valence electrons. The lowest BCUT2D eigenvalue weighted by molar-refractivity contribution is 1.49. The third-order valence-electron chi connectivity index (χ3n) is 2.24. The van der Waals surface area contributed by atoms with Crippen LogP contribution in [0.15, 0.2) is 70.6 Å². The summed E-state index contributed by atoms with van der Waals surface area (Å²) in [5.41, 5.74) is 1.93. The van der Waals surface area contributed by atoms with Gasteiger partial charge in [-0.05, 0) is 24.3 Å². The highest BCUT2D eigenvalue weighted by molar-refractivity contribution is 14.1. The number of nitrogens with zero attached hydrogens (tertiary/aromatic N) is 2. The topological polar surface area (TPSA) is 24.7 Å². The minimum atomic E-state index is 0.183. The normalized spacial score (nSPS) is 13.2. The van der Waals surface area contributed by atoms with Crippen molar-refractivity contribution >= 4 is 46.4 Å². The zero-order valence-electron chi connectivity index (χ0n) is 9.78. The maximum absolute atomic E-state index is 4.39. The van der Waals surface area contributed by atoms with E-state index >= 15 is 0 Å². The largest absolute Gasteiger partial charge is 0.260 e. The number of alkyl halides is 1. The minimum absolute atomic E-state index is 0.183. The summed E-state index contributed by atoms with van der Waals surface area (Å²) < 4.78 is 0.183. The lowest BCUT2D eigenvalue weighted by Crippen LogP contribution is -1.99. The smallest absolute Gasteiger partial charge is 0.0814 e. The number of halogens is 1. The fraction of sp³-hybridized carbons (Fsp3) is 0.0667. The van der Waals surface area contributed by atoms with E-state index in [1.54, 1.807) is 0 Å². The lowest BCUT2D eigenvalue weighted by atomic mass is 10.3. The van der Waals surface area contributed by atoms with Crippen LogP contribution in [0.25, 0.3) is 0 Å². The molecule has 0 N–H and O–H groups in total. The van der Waals surface area contributed by atoms with Gasteiger partial charge in [0.25, 0.3) is 0 Å². The van der Waals surface area contributed by atoms with Crippen LogP contribution in [0.5, 0.6) is 0 Å². The first-order valence-electron chi connectivity index (χ1n) is 5.67. The highest BCUT2D eigenvalue weighted by Gasteiger charge is 1.94. The third-order valence-corrected chi connectivity index (χ3v) is 2.89. The van der Waals surface area contributed by atoms with E-state index in [0.717, 1.165) is 11.4 Å². The molecule has 18 heavy (non-hydrogen) atoms. The second-order valence-corrected chi connectivity index (χ2v) is 5.11. The molecule has 0 fully saturated rings. The van der Waals surface area contributed by atoms with Crippen molar-refractivity contribution in [2.75, 3.05) is 0 Å². The zero-order valence-corrected chi connectivity index (χ0v) is 11.9. The molecule has 2 aromatic rings. The molecular weight excluding hydrogens is 335 g/mol.